The fourth-order valence-corrected chi connectivity index (χ4v) is 4.37. The number of benzene rings is 2. The van der Waals surface area contributed by atoms with Crippen molar-refractivity contribution in [3.05, 3.63) is 64.8 Å². The van der Waals surface area contributed by atoms with Crippen molar-refractivity contribution in [2.75, 3.05) is 5.32 Å². The number of anilines is 1. The van der Waals surface area contributed by atoms with E-state index in [2.05, 4.69) is 10.3 Å². The molecular weight excluding hydrogens is 382 g/mol. The Kier molecular flexibility index (Phi) is 4.68. The molecule has 0 spiro atoms. The molecule has 0 radical (unpaired) electrons. The second-order valence-corrected chi connectivity index (χ2v) is 7.74. The average Bonchev–Trinajstić information content (AvgIpc) is 3.02. The smallest absolute Gasteiger partial charge is 0.228 e. The Labute approximate surface area is 165 Å². The Hall–Kier alpha value is -2.70. The molecule has 7 heteroatoms. The molecule has 5 nitrogen and oxygen atoms in total. The second-order valence-electron chi connectivity index (χ2n) is 6.27. The summed E-state index contributed by atoms with van der Waals surface area (Å²) in [6, 6.07) is 12.9. The highest BCUT2D eigenvalue weighted by Crippen LogP contribution is 2.34. The number of halogens is 1. The third-order valence-electron chi connectivity index (χ3n) is 4.44. The van der Waals surface area contributed by atoms with Gasteiger partial charge in [0.1, 0.15) is 0 Å². The highest BCUT2D eigenvalue weighted by atomic mass is 35.5. The van der Waals surface area contributed by atoms with E-state index < -0.39 is 0 Å². The van der Waals surface area contributed by atoms with Crippen LogP contribution in [0.2, 0.25) is 5.02 Å². The van der Waals surface area contributed by atoms with E-state index >= 15 is 0 Å². The summed E-state index contributed by atoms with van der Waals surface area (Å²) in [5, 5.41) is 4.00. The Morgan fingerprint density at radius 2 is 2.07 bits per heavy atom. The van der Waals surface area contributed by atoms with Crippen LogP contribution in [0.1, 0.15) is 30.5 Å². The molecule has 0 aliphatic carbocycles. The predicted molar refractivity (Wildman–Crippen MR) is 109 cm³/mol. The van der Waals surface area contributed by atoms with E-state index in [4.69, 9.17) is 11.6 Å². The summed E-state index contributed by atoms with van der Waals surface area (Å²) < 4.78 is 0.911. The van der Waals surface area contributed by atoms with Crippen molar-refractivity contribution in [1.82, 2.24) is 9.88 Å². The van der Waals surface area contributed by atoms with E-state index in [9.17, 15) is 9.59 Å². The molecule has 1 atom stereocenters. The van der Waals surface area contributed by atoms with Crippen molar-refractivity contribution in [1.29, 1.82) is 0 Å². The standard InChI is InChI=1S/C20H16ClN3O2S/c1-12(25)24-9-8-13-4-2-3-5-15(13)17(24)11-19(26)23-20-22-16-7-6-14(21)10-18(16)27-20/h2-10,17H,11H2,1H3,(H,22,23,26). The number of carbonyl (C=O) groups is 2. The Morgan fingerprint density at radius 1 is 1.26 bits per heavy atom. The van der Waals surface area contributed by atoms with Gasteiger partial charge in [0.15, 0.2) is 5.13 Å². The lowest BCUT2D eigenvalue weighted by Gasteiger charge is -2.32. The largest absolute Gasteiger partial charge is 0.311 e. The van der Waals surface area contributed by atoms with Crippen LogP contribution in [0.5, 0.6) is 0 Å². The minimum atomic E-state index is -0.340. The number of aromatic nitrogens is 1. The predicted octanol–water partition coefficient (Wildman–Crippen LogP) is 4.85. The van der Waals surface area contributed by atoms with Crippen molar-refractivity contribution in [3.8, 4) is 0 Å². The first-order valence-electron chi connectivity index (χ1n) is 8.43. The molecule has 1 aliphatic rings. The van der Waals surface area contributed by atoms with Gasteiger partial charge in [-0.2, -0.15) is 0 Å². The third-order valence-corrected chi connectivity index (χ3v) is 5.61. The van der Waals surface area contributed by atoms with Crippen LogP contribution in [-0.4, -0.2) is 21.7 Å². The fourth-order valence-electron chi connectivity index (χ4n) is 3.21. The minimum Gasteiger partial charge on any atom is -0.311 e. The van der Waals surface area contributed by atoms with Gasteiger partial charge in [-0.05, 0) is 35.4 Å². The van der Waals surface area contributed by atoms with Gasteiger partial charge in [0.2, 0.25) is 11.8 Å². The maximum absolute atomic E-state index is 12.7. The van der Waals surface area contributed by atoms with E-state index in [-0.39, 0.29) is 24.3 Å². The summed E-state index contributed by atoms with van der Waals surface area (Å²) >= 11 is 7.38. The third kappa shape index (κ3) is 3.59. The summed E-state index contributed by atoms with van der Waals surface area (Å²) in [6.45, 7) is 1.50. The SMILES string of the molecule is CC(=O)N1C=Cc2ccccc2C1CC(=O)Nc1nc2ccc(Cl)cc2s1. The zero-order chi connectivity index (χ0) is 19.0. The van der Waals surface area contributed by atoms with Crippen LogP contribution >= 0.6 is 22.9 Å². The number of fused-ring (bicyclic) bond motifs is 2. The zero-order valence-electron chi connectivity index (χ0n) is 14.5. The van der Waals surface area contributed by atoms with E-state index in [0.29, 0.717) is 10.2 Å². The van der Waals surface area contributed by atoms with Crippen LogP contribution in [0.3, 0.4) is 0 Å². The number of nitrogens with zero attached hydrogens (tertiary/aromatic N) is 2. The number of hydrogen-bond acceptors (Lipinski definition) is 4. The normalized spacial score (nSPS) is 15.6. The summed E-state index contributed by atoms with van der Waals surface area (Å²) in [5.41, 5.74) is 2.76. The van der Waals surface area contributed by atoms with Crippen molar-refractivity contribution < 1.29 is 9.59 Å². The van der Waals surface area contributed by atoms with E-state index in [1.54, 1.807) is 17.2 Å². The fraction of sp³-hybridized carbons (Fsp3) is 0.150. The average molecular weight is 398 g/mol. The molecular formula is C20H16ClN3O2S. The molecule has 1 unspecified atom stereocenters. The number of thiazole rings is 1. The maximum Gasteiger partial charge on any atom is 0.228 e. The number of nitrogens with one attached hydrogen (secondary N) is 1. The topological polar surface area (TPSA) is 62.3 Å². The van der Waals surface area contributed by atoms with Gasteiger partial charge in [-0.1, -0.05) is 47.2 Å². The van der Waals surface area contributed by atoms with Crippen LogP contribution in [0, 0.1) is 0 Å². The van der Waals surface area contributed by atoms with Crippen LogP contribution < -0.4 is 5.32 Å². The summed E-state index contributed by atoms with van der Waals surface area (Å²) in [4.78, 5) is 30.7. The number of amides is 2. The molecule has 1 aromatic heterocycles. The van der Waals surface area contributed by atoms with Crippen molar-refractivity contribution in [3.63, 3.8) is 0 Å². The van der Waals surface area contributed by atoms with Crippen LogP contribution in [0.4, 0.5) is 5.13 Å². The molecule has 136 valence electrons. The first-order chi connectivity index (χ1) is 13.0. The second kappa shape index (κ2) is 7.13. The summed E-state index contributed by atoms with van der Waals surface area (Å²) in [7, 11) is 0. The molecule has 2 heterocycles. The lowest BCUT2D eigenvalue weighted by molar-refractivity contribution is -0.129. The molecule has 1 N–H and O–H groups in total. The van der Waals surface area contributed by atoms with Crippen LogP contribution in [-0.2, 0) is 9.59 Å². The van der Waals surface area contributed by atoms with E-state index in [0.717, 1.165) is 21.3 Å². The molecule has 2 aromatic carbocycles. The minimum absolute atomic E-state index is 0.104. The van der Waals surface area contributed by atoms with Crippen molar-refractivity contribution in [2.45, 2.75) is 19.4 Å². The van der Waals surface area contributed by atoms with Gasteiger partial charge in [-0.25, -0.2) is 4.98 Å². The molecule has 4 rings (SSSR count). The van der Waals surface area contributed by atoms with E-state index in [1.165, 1.54) is 18.3 Å². The Bertz CT molecular complexity index is 1080. The molecule has 3 aromatic rings. The quantitative estimate of drug-likeness (QED) is 0.687. The monoisotopic (exact) mass is 397 g/mol. The molecule has 0 saturated carbocycles. The van der Waals surface area contributed by atoms with Gasteiger partial charge in [0.25, 0.3) is 0 Å². The van der Waals surface area contributed by atoms with Crippen LogP contribution in [0.25, 0.3) is 16.3 Å². The lowest BCUT2D eigenvalue weighted by Crippen LogP contribution is -2.33. The Morgan fingerprint density at radius 3 is 2.89 bits per heavy atom. The van der Waals surface area contributed by atoms with Gasteiger partial charge >= 0.3 is 0 Å². The maximum atomic E-state index is 12.7. The van der Waals surface area contributed by atoms with Crippen molar-refractivity contribution in [2.24, 2.45) is 0 Å². The van der Waals surface area contributed by atoms with Crippen molar-refractivity contribution >= 4 is 56.2 Å². The summed E-state index contributed by atoms with van der Waals surface area (Å²) in [6.07, 6.45) is 3.78. The van der Waals surface area contributed by atoms with Gasteiger partial charge < -0.3 is 10.2 Å². The first-order valence-corrected chi connectivity index (χ1v) is 9.63. The first kappa shape index (κ1) is 17.7. The number of rotatable bonds is 3. The number of hydrogen-bond donors (Lipinski definition) is 1. The Balaban J connectivity index is 1.56. The molecule has 0 saturated heterocycles. The highest BCUT2D eigenvalue weighted by molar-refractivity contribution is 7.22. The molecule has 0 fully saturated rings. The number of carbonyl (C=O) groups excluding carboxylic acids is 2. The van der Waals surface area contributed by atoms with Gasteiger partial charge in [-0.3, -0.25) is 9.59 Å². The van der Waals surface area contributed by atoms with Gasteiger partial charge in [0, 0.05) is 18.1 Å². The molecule has 27 heavy (non-hydrogen) atoms. The van der Waals surface area contributed by atoms with Gasteiger partial charge in [0.05, 0.1) is 22.7 Å². The van der Waals surface area contributed by atoms with Gasteiger partial charge in [-0.15, -0.1) is 0 Å². The highest BCUT2D eigenvalue weighted by Gasteiger charge is 2.28. The zero-order valence-corrected chi connectivity index (χ0v) is 16.1. The lowest BCUT2D eigenvalue weighted by atomic mass is 9.93. The molecule has 1 aliphatic heterocycles. The summed E-state index contributed by atoms with van der Waals surface area (Å²) in [5.74, 6) is -0.297. The molecule has 2 amide bonds. The van der Waals surface area contributed by atoms with Crippen LogP contribution in [0.15, 0.2) is 48.7 Å². The van der Waals surface area contributed by atoms with E-state index in [1.807, 2.05) is 42.5 Å². The molecule has 0 bridgehead atoms.